The Labute approximate surface area is 113 Å². The van der Waals surface area contributed by atoms with Crippen molar-refractivity contribution >= 4 is 17.3 Å². The van der Waals surface area contributed by atoms with E-state index in [4.69, 9.17) is 10.5 Å². The predicted molar refractivity (Wildman–Crippen MR) is 75.1 cm³/mol. The average Bonchev–Trinajstić information content (AvgIpc) is 3.04. The molecule has 2 aliphatic rings. The lowest BCUT2D eigenvalue weighted by atomic mass is 10.1. The maximum atomic E-state index is 12.3. The summed E-state index contributed by atoms with van der Waals surface area (Å²) in [6.45, 7) is 1.63. The normalized spacial score (nSPS) is 21.7. The van der Waals surface area contributed by atoms with Crippen molar-refractivity contribution < 1.29 is 9.53 Å². The van der Waals surface area contributed by atoms with E-state index in [9.17, 15) is 4.79 Å². The summed E-state index contributed by atoms with van der Waals surface area (Å²) >= 11 is 0. The molecule has 0 aromatic heterocycles. The van der Waals surface area contributed by atoms with E-state index in [1.807, 2.05) is 23.1 Å². The minimum absolute atomic E-state index is 0.207. The number of nitrogens with zero attached hydrogens (tertiary/aromatic N) is 1. The van der Waals surface area contributed by atoms with Crippen LogP contribution in [0.1, 0.15) is 31.2 Å². The summed E-state index contributed by atoms with van der Waals surface area (Å²) in [6.07, 6.45) is 4.85. The third-order valence-electron chi connectivity index (χ3n) is 4.00. The van der Waals surface area contributed by atoms with Crippen molar-refractivity contribution in [3.63, 3.8) is 0 Å². The van der Waals surface area contributed by atoms with Crippen LogP contribution in [0.3, 0.4) is 0 Å². The van der Waals surface area contributed by atoms with E-state index in [2.05, 4.69) is 0 Å². The summed E-state index contributed by atoms with van der Waals surface area (Å²) in [5.41, 5.74) is 8.76. The number of nitrogens with two attached hydrogens (primary N) is 1. The number of rotatable bonds is 3. The van der Waals surface area contributed by atoms with Gasteiger partial charge in [-0.1, -0.05) is 0 Å². The monoisotopic (exact) mass is 260 g/mol. The zero-order valence-electron chi connectivity index (χ0n) is 11.1. The highest BCUT2D eigenvalue weighted by molar-refractivity contribution is 5.95. The molecule has 2 N–H and O–H groups in total. The number of fused-ring (bicyclic) bond motifs is 1. The SMILES string of the molecule is Nc1ccc2c(c1)CCN2C(=O)CCC1CCCO1. The van der Waals surface area contributed by atoms with Crippen molar-refractivity contribution in [2.45, 2.75) is 38.2 Å². The molecule has 19 heavy (non-hydrogen) atoms. The molecule has 0 saturated carbocycles. The molecule has 4 heteroatoms. The number of carbonyl (C=O) groups excluding carboxylic acids is 1. The smallest absolute Gasteiger partial charge is 0.227 e. The molecular formula is C15H20N2O2. The first-order chi connectivity index (χ1) is 9.24. The van der Waals surface area contributed by atoms with Gasteiger partial charge in [-0.2, -0.15) is 0 Å². The highest BCUT2D eigenvalue weighted by Gasteiger charge is 2.25. The van der Waals surface area contributed by atoms with Crippen molar-refractivity contribution in [2.75, 3.05) is 23.8 Å². The van der Waals surface area contributed by atoms with Gasteiger partial charge in [0.1, 0.15) is 0 Å². The van der Waals surface area contributed by atoms with Gasteiger partial charge in [-0.25, -0.2) is 0 Å². The molecule has 2 heterocycles. The number of ether oxygens (including phenoxy) is 1. The summed E-state index contributed by atoms with van der Waals surface area (Å²) in [5.74, 6) is 0.207. The van der Waals surface area contributed by atoms with Crippen LogP contribution in [0.2, 0.25) is 0 Å². The molecule has 4 nitrogen and oxygen atoms in total. The highest BCUT2D eigenvalue weighted by atomic mass is 16.5. The molecule has 1 aromatic rings. The molecule has 0 radical (unpaired) electrons. The maximum Gasteiger partial charge on any atom is 0.227 e. The van der Waals surface area contributed by atoms with Gasteiger partial charge in [-0.05, 0) is 49.4 Å². The van der Waals surface area contributed by atoms with E-state index in [0.717, 1.165) is 50.2 Å². The summed E-state index contributed by atoms with van der Waals surface area (Å²) in [6, 6.07) is 5.80. The summed E-state index contributed by atoms with van der Waals surface area (Å²) in [5, 5.41) is 0. The second-order valence-corrected chi connectivity index (χ2v) is 5.36. The minimum Gasteiger partial charge on any atom is -0.399 e. The van der Waals surface area contributed by atoms with E-state index < -0.39 is 0 Å². The van der Waals surface area contributed by atoms with Gasteiger partial charge in [0.05, 0.1) is 6.10 Å². The second-order valence-electron chi connectivity index (χ2n) is 5.36. The molecule has 0 aliphatic carbocycles. The first-order valence-corrected chi connectivity index (χ1v) is 7.04. The first kappa shape index (κ1) is 12.5. The molecule has 1 saturated heterocycles. The topological polar surface area (TPSA) is 55.6 Å². The van der Waals surface area contributed by atoms with Gasteiger partial charge >= 0.3 is 0 Å². The zero-order valence-corrected chi connectivity index (χ0v) is 11.1. The van der Waals surface area contributed by atoms with Gasteiger partial charge < -0.3 is 15.4 Å². The van der Waals surface area contributed by atoms with Crippen molar-refractivity contribution in [3.8, 4) is 0 Å². The van der Waals surface area contributed by atoms with E-state index in [0.29, 0.717) is 6.42 Å². The van der Waals surface area contributed by atoms with Crippen molar-refractivity contribution in [2.24, 2.45) is 0 Å². The van der Waals surface area contributed by atoms with Crippen molar-refractivity contribution in [1.82, 2.24) is 0 Å². The standard InChI is InChI=1S/C15H20N2O2/c16-12-3-5-14-11(10-12)7-8-17(14)15(18)6-4-13-2-1-9-19-13/h3,5,10,13H,1-2,4,6-9,16H2. The summed E-state index contributed by atoms with van der Waals surface area (Å²) in [7, 11) is 0. The molecule has 3 rings (SSSR count). The Hall–Kier alpha value is -1.55. The lowest BCUT2D eigenvalue weighted by Crippen LogP contribution is -2.29. The summed E-state index contributed by atoms with van der Waals surface area (Å²) < 4.78 is 5.56. The molecular weight excluding hydrogens is 240 g/mol. The Kier molecular flexibility index (Phi) is 3.42. The van der Waals surface area contributed by atoms with Gasteiger partial charge in [0, 0.05) is 30.9 Å². The minimum atomic E-state index is 0.207. The molecule has 102 valence electrons. The molecule has 2 aliphatic heterocycles. The fraction of sp³-hybridized carbons (Fsp3) is 0.533. The zero-order chi connectivity index (χ0) is 13.2. The third-order valence-corrected chi connectivity index (χ3v) is 4.00. The Balaban J connectivity index is 1.62. The number of benzene rings is 1. The summed E-state index contributed by atoms with van der Waals surface area (Å²) in [4.78, 5) is 14.2. The molecule has 1 atom stereocenters. The molecule has 1 aromatic carbocycles. The van der Waals surface area contributed by atoms with Gasteiger partial charge in [0.15, 0.2) is 0 Å². The van der Waals surface area contributed by atoms with Crippen molar-refractivity contribution in [3.05, 3.63) is 23.8 Å². The molecule has 0 spiro atoms. The Morgan fingerprint density at radius 3 is 3.16 bits per heavy atom. The Bertz CT molecular complexity index is 481. The van der Waals surface area contributed by atoms with Crippen LogP contribution in [0.15, 0.2) is 18.2 Å². The second kappa shape index (κ2) is 5.21. The first-order valence-electron chi connectivity index (χ1n) is 7.04. The highest BCUT2D eigenvalue weighted by Crippen LogP contribution is 2.30. The van der Waals surface area contributed by atoms with Gasteiger partial charge in [0.25, 0.3) is 0 Å². The van der Waals surface area contributed by atoms with Crippen LogP contribution in [0.4, 0.5) is 11.4 Å². The third kappa shape index (κ3) is 2.59. The van der Waals surface area contributed by atoms with Crippen molar-refractivity contribution in [1.29, 1.82) is 0 Å². The van der Waals surface area contributed by atoms with Crippen LogP contribution in [-0.4, -0.2) is 25.2 Å². The Morgan fingerprint density at radius 1 is 1.47 bits per heavy atom. The van der Waals surface area contributed by atoms with Gasteiger partial charge in [0.2, 0.25) is 5.91 Å². The number of anilines is 2. The number of carbonyl (C=O) groups is 1. The lowest BCUT2D eigenvalue weighted by Gasteiger charge is -2.18. The number of hydrogen-bond acceptors (Lipinski definition) is 3. The molecule has 0 bridgehead atoms. The van der Waals surface area contributed by atoms with Crippen LogP contribution in [0.25, 0.3) is 0 Å². The largest absolute Gasteiger partial charge is 0.399 e. The van der Waals surface area contributed by atoms with E-state index in [-0.39, 0.29) is 12.0 Å². The van der Waals surface area contributed by atoms with E-state index in [1.54, 1.807) is 0 Å². The average molecular weight is 260 g/mol. The van der Waals surface area contributed by atoms with Crippen LogP contribution in [0.5, 0.6) is 0 Å². The maximum absolute atomic E-state index is 12.3. The molecule has 1 fully saturated rings. The fourth-order valence-corrected chi connectivity index (χ4v) is 2.97. The molecule has 1 unspecified atom stereocenters. The quantitative estimate of drug-likeness (QED) is 0.847. The van der Waals surface area contributed by atoms with E-state index >= 15 is 0 Å². The van der Waals surface area contributed by atoms with Crippen LogP contribution >= 0.6 is 0 Å². The van der Waals surface area contributed by atoms with E-state index in [1.165, 1.54) is 5.56 Å². The number of amides is 1. The van der Waals surface area contributed by atoms with Crippen LogP contribution in [0, 0.1) is 0 Å². The lowest BCUT2D eigenvalue weighted by molar-refractivity contribution is -0.119. The predicted octanol–water partition coefficient (Wildman–Crippen LogP) is 2.12. The number of nitrogen functional groups attached to an aromatic ring is 1. The molecule has 1 amide bonds. The fourth-order valence-electron chi connectivity index (χ4n) is 2.97. The Morgan fingerprint density at radius 2 is 2.37 bits per heavy atom. The van der Waals surface area contributed by atoms with Gasteiger partial charge in [-0.15, -0.1) is 0 Å². The number of hydrogen-bond donors (Lipinski definition) is 1. The van der Waals surface area contributed by atoms with Gasteiger partial charge in [-0.3, -0.25) is 4.79 Å². The van der Waals surface area contributed by atoms with Crippen LogP contribution in [-0.2, 0) is 16.0 Å². The van der Waals surface area contributed by atoms with Crippen LogP contribution < -0.4 is 10.6 Å².